The molecule has 0 spiro atoms. The lowest BCUT2D eigenvalue weighted by Crippen LogP contribution is -1.97. The maximum Gasteiger partial charge on any atom is 0.154 e. The van der Waals surface area contributed by atoms with Gasteiger partial charge < -0.3 is 9.84 Å². The van der Waals surface area contributed by atoms with Crippen LogP contribution in [-0.4, -0.2) is 11.7 Å². The van der Waals surface area contributed by atoms with Gasteiger partial charge >= 0.3 is 0 Å². The van der Waals surface area contributed by atoms with E-state index in [-0.39, 0.29) is 6.61 Å². The van der Waals surface area contributed by atoms with Crippen LogP contribution in [0.25, 0.3) is 0 Å². The summed E-state index contributed by atoms with van der Waals surface area (Å²) < 4.78 is 8.19. The number of aryl methyl sites for hydroxylation is 2. The molecule has 0 aliphatic carbocycles. The highest BCUT2D eigenvalue weighted by atomic mass is 127. The second-order valence-corrected chi connectivity index (χ2v) is 7.11. The van der Waals surface area contributed by atoms with Crippen LogP contribution < -0.4 is 4.74 Å². The lowest BCUT2D eigenvalue weighted by molar-refractivity contribution is 0.299. The molecule has 2 rings (SSSR count). The molecule has 0 aliphatic heterocycles. The maximum absolute atomic E-state index is 9.03. The molecule has 0 unspecified atom stereocenters. The van der Waals surface area contributed by atoms with Gasteiger partial charge in [0.15, 0.2) is 5.75 Å². The van der Waals surface area contributed by atoms with Gasteiger partial charge in [-0.05, 0) is 106 Å². The van der Waals surface area contributed by atoms with Crippen molar-refractivity contribution >= 4 is 45.2 Å². The summed E-state index contributed by atoms with van der Waals surface area (Å²) in [6.45, 7) is 4.31. The zero-order valence-electron chi connectivity index (χ0n) is 11.4. The van der Waals surface area contributed by atoms with Gasteiger partial charge in [0.1, 0.15) is 5.75 Å². The Balaban J connectivity index is 2.33. The van der Waals surface area contributed by atoms with Gasteiger partial charge in [-0.25, -0.2) is 0 Å². The van der Waals surface area contributed by atoms with Crippen molar-refractivity contribution in [2.75, 3.05) is 6.61 Å². The van der Waals surface area contributed by atoms with E-state index in [0.29, 0.717) is 6.42 Å². The molecule has 0 radical (unpaired) electrons. The summed E-state index contributed by atoms with van der Waals surface area (Å²) in [5.41, 5.74) is 3.53. The number of rotatable bonds is 4. The van der Waals surface area contributed by atoms with Crippen LogP contribution in [-0.2, 0) is 6.42 Å². The van der Waals surface area contributed by atoms with Gasteiger partial charge in [0.05, 0.1) is 7.14 Å². The average molecular weight is 494 g/mol. The number of hydrogen-bond acceptors (Lipinski definition) is 2. The minimum atomic E-state index is 0.170. The van der Waals surface area contributed by atoms with Gasteiger partial charge in [-0.15, -0.1) is 0 Å². The molecule has 106 valence electrons. The Kier molecular flexibility index (Phi) is 5.68. The fourth-order valence-electron chi connectivity index (χ4n) is 2.09. The Morgan fingerprint density at radius 1 is 0.950 bits per heavy atom. The van der Waals surface area contributed by atoms with Crippen LogP contribution in [0.2, 0.25) is 0 Å². The van der Waals surface area contributed by atoms with E-state index in [4.69, 9.17) is 9.84 Å². The summed E-state index contributed by atoms with van der Waals surface area (Å²) >= 11 is 4.57. The third kappa shape index (κ3) is 4.08. The topological polar surface area (TPSA) is 29.5 Å². The van der Waals surface area contributed by atoms with Crippen LogP contribution >= 0.6 is 45.2 Å². The summed E-state index contributed by atoms with van der Waals surface area (Å²) in [5, 5.41) is 9.03. The number of benzene rings is 2. The molecule has 0 fully saturated rings. The molecule has 0 saturated heterocycles. The van der Waals surface area contributed by atoms with Crippen LogP contribution in [0.5, 0.6) is 11.5 Å². The van der Waals surface area contributed by atoms with Crippen molar-refractivity contribution in [1.82, 2.24) is 0 Å². The molecule has 0 heterocycles. The number of ether oxygens (including phenoxy) is 1. The molecule has 0 amide bonds. The van der Waals surface area contributed by atoms with Crippen LogP contribution in [0, 0.1) is 21.0 Å². The maximum atomic E-state index is 9.03. The highest BCUT2D eigenvalue weighted by Gasteiger charge is 2.10. The van der Waals surface area contributed by atoms with Gasteiger partial charge in [0.25, 0.3) is 0 Å². The van der Waals surface area contributed by atoms with E-state index in [9.17, 15) is 0 Å². The summed E-state index contributed by atoms with van der Waals surface area (Å²) in [6.07, 6.45) is 0.676. The van der Waals surface area contributed by atoms with E-state index in [1.807, 2.05) is 12.1 Å². The number of hydrogen-bond donors (Lipinski definition) is 1. The van der Waals surface area contributed by atoms with Crippen molar-refractivity contribution in [3.05, 3.63) is 54.2 Å². The lowest BCUT2D eigenvalue weighted by Gasteiger charge is -2.13. The standard InChI is InChI=1S/C16H16I2O2/c1-10-5-11(2)7-13(6-10)20-16-14(17)8-12(3-4-19)9-15(16)18/h5-9,19H,3-4H2,1-2H3. The molecular formula is C16H16I2O2. The molecular weight excluding hydrogens is 478 g/mol. The molecule has 0 saturated carbocycles. The number of aliphatic hydroxyl groups is 1. The SMILES string of the molecule is Cc1cc(C)cc(Oc2c(I)cc(CCO)cc2I)c1. The zero-order valence-corrected chi connectivity index (χ0v) is 15.7. The van der Waals surface area contributed by atoms with Crippen molar-refractivity contribution in [1.29, 1.82) is 0 Å². The van der Waals surface area contributed by atoms with Crippen molar-refractivity contribution in [3.8, 4) is 11.5 Å². The molecule has 2 aromatic carbocycles. The van der Waals surface area contributed by atoms with E-state index < -0.39 is 0 Å². The van der Waals surface area contributed by atoms with Gasteiger partial charge in [-0.3, -0.25) is 0 Å². The molecule has 0 atom stereocenters. The normalized spacial score (nSPS) is 10.7. The van der Waals surface area contributed by atoms with Crippen molar-refractivity contribution < 1.29 is 9.84 Å². The molecule has 1 N–H and O–H groups in total. The highest BCUT2D eigenvalue weighted by Crippen LogP contribution is 2.33. The van der Waals surface area contributed by atoms with Gasteiger partial charge in [0, 0.05) is 6.61 Å². The summed E-state index contributed by atoms with van der Waals surface area (Å²) in [5.74, 6) is 1.76. The van der Waals surface area contributed by atoms with E-state index >= 15 is 0 Å². The van der Waals surface area contributed by atoms with E-state index in [1.165, 1.54) is 11.1 Å². The fraction of sp³-hybridized carbons (Fsp3) is 0.250. The zero-order chi connectivity index (χ0) is 14.7. The van der Waals surface area contributed by atoms with E-state index in [2.05, 4.69) is 77.2 Å². The summed E-state index contributed by atoms with van der Waals surface area (Å²) in [6, 6.07) is 10.3. The molecule has 20 heavy (non-hydrogen) atoms. The van der Waals surface area contributed by atoms with Crippen molar-refractivity contribution in [3.63, 3.8) is 0 Å². The Morgan fingerprint density at radius 2 is 1.50 bits per heavy atom. The van der Waals surface area contributed by atoms with Crippen LogP contribution in [0.4, 0.5) is 0 Å². The predicted octanol–water partition coefficient (Wildman–Crippen LogP) is 4.84. The number of halogens is 2. The molecule has 0 aromatic heterocycles. The van der Waals surface area contributed by atoms with Crippen LogP contribution in [0.3, 0.4) is 0 Å². The molecule has 2 nitrogen and oxygen atoms in total. The first-order valence-corrected chi connectivity index (χ1v) is 8.50. The third-order valence-electron chi connectivity index (χ3n) is 2.87. The molecule has 0 aliphatic rings. The van der Waals surface area contributed by atoms with Crippen molar-refractivity contribution in [2.45, 2.75) is 20.3 Å². The smallest absolute Gasteiger partial charge is 0.154 e. The minimum Gasteiger partial charge on any atom is -0.455 e. The second kappa shape index (κ2) is 7.09. The number of aliphatic hydroxyl groups excluding tert-OH is 1. The van der Waals surface area contributed by atoms with Crippen LogP contribution in [0.1, 0.15) is 16.7 Å². The van der Waals surface area contributed by atoms with Crippen LogP contribution in [0.15, 0.2) is 30.3 Å². The molecule has 4 heteroatoms. The first-order chi connectivity index (χ1) is 9.49. The van der Waals surface area contributed by atoms with E-state index in [1.54, 1.807) is 0 Å². The second-order valence-electron chi connectivity index (χ2n) is 4.79. The largest absolute Gasteiger partial charge is 0.455 e. The van der Waals surface area contributed by atoms with E-state index in [0.717, 1.165) is 24.2 Å². The monoisotopic (exact) mass is 494 g/mol. The quantitative estimate of drug-likeness (QED) is 0.617. The lowest BCUT2D eigenvalue weighted by atomic mass is 10.1. The predicted molar refractivity (Wildman–Crippen MR) is 98.7 cm³/mol. The average Bonchev–Trinajstić information content (AvgIpc) is 2.33. The Bertz CT molecular complexity index is 581. The van der Waals surface area contributed by atoms with Gasteiger partial charge in [0.2, 0.25) is 0 Å². The first-order valence-electron chi connectivity index (χ1n) is 6.34. The molecule has 0 bridgehead atoms. The third-order valence-corrected chi connectivity index (χ3v) is 4.48. The Labute approximate surface area is 146 Å². The minimum absolute atomic E-state index is 0.170. The summed E-state index contributed by atoms with van der Waals surface area (Å²) in [7, 11) is 0. The highest BCUT2D eigenvalue weighted by molar-refractivity contribution is 14.1. The summed E-state index contributed by atoms with van der Waals surface area (Å²) in [4.78, 5) is 0. The first kappa shape index (κ1) is 16.0. The van der Waals surface area contributed by atoms with Gasteiger partial charge in [-0.1, -0.05) is 6.07 Å². The van der Waals surface area contributed by atoms with Crippen molar-refractivity contribution in [2.24, 2.45) is 0 Å². The Morgan fingerprint density at radius 3 is 2.00 bits per heavy atom. The Hall–Kier alpha value is -0.340. The molecule has 2 aromatic rings. The van der Waals surface area contributed by atoms with Gasteiger partial charge in [-0.2, -0.15) is 0 Å². The fourth-order valence-corrected chi connectivity index (χ4v) is 4.21.